The molecule has 1 N–H and O–H groups in total. The second-order valence-corrected chi connectivity index (χ2v) is 7.19. The highest BCUT2D eigenvalue weighted by atomic mass is 35.5. The number of benzene rings is 2. The maximum absolute atomic E-state index is 13.5. The molecule has 3 atom stereocenters. The van der Waals surface area contributed by atoms with Crippen LogP contribution in [0.25, 0.3) is 0 Å². The minimum Gasteiger partial charge on any atom is -0.376 e. The Balaban J connectivity index is 1.90. The van der Waals surface area contributed by atoms with Crippen LogP contribution in [-0.2, 0) is 6.18 Å². The number of rotatable bonds is 1. The van der Waals surface area contributed by atoms with Crippen molar-refractivity contribution in [1.29, 1.82) is 0 Å². The number of alkyl halides is 3. The van der Waals surface area contributed by atoms with E-state index in [4.69, 9.17) is 23.2 Å². The van der Waals surface area contributed by atoms with E-state index >= 15 is 0 Å². The summed E-state index contributed by atoms with van der Waals surface area (Å²) in [5.41, 5.74) is 0.844. The summed E-state index contributed by atoms with van der Waals surface area (Å²) in [5.74, 6) is -0.375. The number of nitrogens with one attached hydrogen (secondary N) is 1. The van der Waals surface area contributed by atoms with Crippen LogP contribution in [0.15, 0.2) is 48.6 Å². The van der Waals surface area contributed by atoms with Crippen LogP contribution in [0.4, 0.5) is 18.9 Å². The van der Waals surface area contributed by atoms with Gasteiger partial charge in [-0.15, -0.1) is 0 Å². The van der Waals surface area contributed by atoms with E-state index in [-0.39, 0.29) is 23.4 Å². The molecule has 1 aliphatic carbocycles. The van der Waals surface area contributed by atoms with Crippen molar-refractivity contribution in [3.63, 3.8) is 0 Å². The Bertz CT molecular complexity index is 860. The van der Waals surface area contributed by atoms with Gasteiger partial charge in [0.05, 0.1) is 22.3 Å². The van der Waals surface area contributed by atoms with Gasteiger partial charge in [-0.2, -0.15) is 13.2 Å². The van der Waals surface area contributed by atoms with Crippen molar-refractivity contribution in [2.24, 2.45) is 5.92 Å². The zero-order chi connectivity index (χ0) is 17.8. The summed E-state index contributed by atoms with van der Waals surface area (Å²) in [5, 5.41) is 4.14. The molecule has 0 fully saturated rings. The summed E-state index contributed by atoms with van der Waals surface area (Å²) >= 11 is 12.6. The molecule has 130 valence electrons. The van der Waals surface area contributed by atoms with Crippen molar-refractivity contribution in [3.05, 3.63) is 75.3 Å². The van der Waals surface area contributed by atoms with E-state index in [0.29, 0.717) is 22.2 Å². The average Bonchev–Trinajstić information content (AvgIpc) is 3.04. The Morgan fingerprint density at radius 3 is 2.48 bits per heavy atom. The van der Waals surface area contributed by atoms with Gasteiger partial charge in [0.25, 0.3) is 0 Å². The third-order valence-corrected chi connectivity index (χ3v) is 5.67. The number of fused-ring (bicyclic) bond motifs is 3. The van der Waals surface area contributed by atoms with Gasteiger partial charge in [-0.3, -0.25) is 0 Å². The van der Waals surface area contributed by atoms with Crippen molar-refractivity contribution in [3.8, 4) is 0 Å². The quantitative estimate of drug-likeness (QED) is 0.531. The number of anilines is 1. The summed E-state index contributed by atoms with van der Waals surface area (Å²) in [6, 6.07) is 9.59. The molecular weight excluding hydrogens is 370 g/mol. The molecule has 0 saturated carbocycles. The van der Waals surface area contributed by atoms with Crippen LogP contribution in [0, 0.1) is 5.92 Å². The van der Waals surface area contributed by atoms with E-state index < -0.39 is 11.7 Å². The molecule has 25 heavy (non-hydrogen) atoms. The first-order chi connectivity index (χ1) is 11.9. The van der Waals surface area contributed by atoms with Crippen LogP contribution in [-0.4, -0.2) is 0 Å². The predicted molar refractivity (Wildman–Crippen MR) is 94.3 cm³/mol. The Labute approximate surface area is 153 Å². The third-order valence-electron chi connectivity index (χ3n) is 5.01. The van der Waals surface area contributed by atoms with Crippen LogP contribution in [0.5, 0.6) is 0 Å². The monoisotopic (exact) mass is 383 g/mol. The molecule has 0 aromatic heterocycles. The molecule has 0 bridgehead atoms. The fraction of sp³-hybridized carbons (Fsp3) is 0.263. The standard InChI is InChI=1S/C19H14Cl2F3N/c20-14-7-2-1-4-12(14)17-11-6-3-5-10(11)16-13(19(22,23)24)8-9-15(21)18(16)25-17/h1-5,7-11,17,25H,6H2/t10-,11+,17-/m1/s1. The molecule has 2 aromatic rings. The van der Waals surface area contributed by atoms with Crippen molar-refractivity contribution in [2.45, 2.75) is 24.6 Å². The number of allylic oxidation sites excluding steroid dienone is 2. The van der Waals surface area contributed by atoms with Crippen LogP contribution in [0.3, 0.4) is 0 Å². The molecule has 1 heterocycles. The lowest BCUT2D eigenvalue weighted by Crippen LogP contribution is -2.31. The van der Waals surface area contributed by atoms with E-state index in [2.05, 4.69) is 5.32 Å². The Kier molecular flexibility index (Phi) is 4.00. The lowest BCUT2D eigenvalue weighted by Gasteiger charge is -2.39. The summed E-state index contributed by atoms with van der Waals surface area (Å²) < 4.78 is 40.6. The van der Waals surface area contributed by atoms with Crippen LogP contribution < -0.4 is 5.32 Å². The van der Waals surface area contributed by atoms with Gasteiger partial charge in [0.2, 0.25) is 0 Å². The second kappa shape index (κ2) is 5.96. The molecule has 0 radical (unpaired) electrons. The SMILES string of the molecule is FC(F)(F)c1ccc(Cl)c2c1[C@@H]1C=CC[C@@H]1[C@H](c1ccccc1Cl)N2. The van der Waals surface area contributed by atoms with Crippen LogP contribution in [0.2, 0.25) is 10.0 Å². The van der Waals surface area contributed by atoms with Crippen molar-refractivity contribution >= 4 is 28.9 Å². The fourth-order valence-corrected chi connectivity index (χ4v) is 4.43. The van der Waals surface area contributed by atoms with E-state index in [9.17, 15) is 13.2 Å². The molecule has 0 amide bonds. The Morgan fingerprint density at radius 2 is 1.76 bits per heavy atom. The van der Waals surface area contributed by atoms with Gasteiger partial charge in [0.1, 0.15) is 0 Å². The highest BCUT2D eigenvalue weighted by Gasteiger charge is 2.45. The predicted octanol–water partition coefficient (Wildman–Crippen LogP) is 6.84. The van der Waals surface area contributed by atoms with E-state index in [1.165, 1.54) is 6.07 Å². The van der Waals surface area contributed by atoms with Gasteiger partial charge < -0.3 is 5.32 Å². The molecule has 1 nitrogen and oxygen atoms in total. The highest BCUT2D eigenvalue weighted by Crippen LogP contribution is 2.55. The van der Waals surface area contributed by atoms with Gasteiger partial charge >= 0.3 is 6.18 Å². The first-order valence-corrected chi connectivity index (χ1v) is 8.70. The zero-order valence-corrected chi connectivity index (χ0v) is 14.5. The van der Waals surface area contributed by atoms with E-state index in [1.54, 1.807) is 6.07 Å². The minimum absolute atomic E-state index is 0.0352. The van der Waals surface area contributed by atoms with Gasteiger partial charge in [-0.05, 0) is 41.7 Å². The lowest BCUT2D eigenvalue weighted by molar-refractivity contribution is -0.138. The summed E-state index contributed by atoms with van der Waals surface area (Å²) in [4.78, 5) is 0. The van der Waals surface area contributed by atoms with Crippen LogP contribution >= 0.6 is 23.2 Å². The molecule has 6 heteroatoms. The number of hydrogen-bond acceptors (Lipinski definition) is 1. The molecular formula is C19H14Cl2F3N. The largest absolute Gasteiger partial charge is 0.416 e. The zero-order valence-electron chi connectivity index (χ0n) is 12.9. The molecule has 1 aliphatic heterocycles. The van der Waals surface area contributed by atoms with E-state index in [1.807, 2.05) is 30.4 Å². The topological polar surface area (TPSA) is 12.0 Å². The maximum Gasteiger partial charge on any atom is 0.416 e. The fourth-order valence-electron chi connectivity index (χ4n) is 3.96. The van der Waals surface area contributed by atoms with Gasteiger partial charge in [0, 0.05) is 10.9 Å². The smallest absolute Gasteiger partial charge is 0.376 e. The minimum atomic E-state index is -4.42. The summed E-state index contributed by atoms with van der Waals surface area (Å²) in [6.07, 6.45) is 0.0716. The first kappa shape index (κ1) is 16.8. The molecule has 2 aromatic carbocycles. The second-order valence-electron chi connectivity index (χ2n) is 6.38. The summed E-state index contributed by atoms with van der Waals surface area (Å²) in [6.45, 7) is 0. The number of halogens is 5. The summed E-state index contributed by atoms with van der Waals surface area (Å²) in [7, 11) is 0. The number of hydrogen-bond donors (Lipinski definition) is 1. The lowest BCUT2D eigenvalue weighted by atomic mass is 9.75. The highest BCUT2D eigenvalue weighted by molar-refractivity contribution is 6.33. The molecule has 4 rings (SSSR count). The average molecular weight is 384 g/mol. The van der Waals surface area contributed by atoms with Gasteiger partial charge in [-0.1, -0.05) is 53.6 Å². The normalized spacial score (nSPS) is 24.6. The molecule has 0 unspecified atom stereocenters. The third kappa shape index (κ3) is 2.72. The van der Waals surface area contributed by atoms with Crippen molar-refractivity contribution < 1.29 is 13.2 Å². The Hall–Kier alpha value is -1.65. The van der Waals surface area contributed by atoms with E-state index in [0.717, 1.165) is 11.6 Å². The Morgan fingerprint density at radius 1 is 1.00 bits per heavy atom. The first-order valence-electron chi connectivity index (χ1n) is 7.95. The van der Waals surface area contributed by atoms with Gasteiger partial charge in [0.15, 0.2) is 0 Å². The van der Waals surface area contributed by atoms with Gasteiger partial charge in [-0.25, -0.2) is 0 Å². The maximum atomic E-state index is 13.5. The van der Waals surface area contributed by atoms with Crippen molar-refractivity contribution in [2.75, 3.05) is 5.32 Å². The molecule has 2 aliphatic rings. The molecule has 0 spiro atoms. The molecule has 0 saturated heterocycles. The van der Waals surface area contributed by atoms with Crippen molar-refractivity contribution in [1.82, 2.24) is 0 Å². The van der Waals surface area contributed by atoms with Crippen LogP contribution in [0.1, 0.15) is 35.1 Å².